The Balaban J connectivity index is 2.98. The van der Waals surface area contributed by atoms with Gasteiger partial charge in [0.05, 0.1) is 5.69 Å². The van der Waals surface area contributed by atoms with Gasteiger partial charge in [-0.1, -0.05) is 0 Å². The summed E-state index contributed by atoms with van der Waals surface area (Å²) in [6, 6.07) is 3.08. The number of ether oxygens (including phenoxy) is 2. The van der Waals surface area contributed by atoms with Gasteiger partial charge in [-0.15, -0.1) is 0 Å². The van der Waals surface area contributed by atoms with E-state index in [1.807, 2.05) is 0 Å². The van der Waals surface area contributed by atoms with E-state index in [1.165, 1.54) is 26.5 Å². The number of nitrogens with two attached hydrogens (primary N) is 1. The lowest BCUT2D eigenvalue weighted by Crippen LogP contribution is -2.13. The predicted octanol–water partition coefficient (Wildman–Crippen LogP) is 0.472. The van der Waals surface area contributed by atoms with Crippen molar-refractivity contribution in [1.82, 2.24) is 4.98 Å². The van der Waals surface area contributed by atoms with Crippen molar-refractivity contribution in [3.8, 4) is 0 Å². The van der Waals surface area contributed by atoms with E-state index in [9.17, 15) is 4.79 Å². The average molecular weight is 196 g/mol. The van der Waals surface area contributed by atoms with Crippen LogP contribution < -0.4 is 5.73 Å². The van der Waals surface area contributed by atoms with E-state index in [0.717, 1.165) is 0 Å². The summed E-state index contributed by atoms with van der Waals surface area (Å²) in [6.45, 7) is 0. The first-order valence-electron chi connectivity index (χ1n) is 4.00. The number of primary amides is 1. The van der Waals surface area contributed by atoms with Gasteiger partial charge in [0.1, 0.15) is 0 Å². The highest BCUT2D eigenvalue weighted by Gasteiger charge is 2.11. The molecule has 0 aliphatic carbocycles. The van der Waals surface area contributed by atoms with Crippen LogP contribution in [-0.4, -0.2) is 25.1 Å². The van der Waals surface area contributed by atoms with Gasteiger partial charge in [0.15, 0.2) is 0 Å². The molecule has 0 atom stereocenters. The summed E-state index contributed by atoms with van der Waals surface area (Å²) in [4.78, 5) is 14.9. The number of methoxy groups -OCH3 is 2. The fourth-order valence-electron chi connectivity index (χ4n) is 1.07. The van der Waals surface area contributed by atoms with E-state index in [4.69, 9.17) is 15.2 Å². The molecule has 2 N–H and O–H groups in total. The van der Waals surface area contributed by atoms with Crippen LogP contribution in [-0.2, 0) is 9.47 Å². The van der Waals surface area contributed by atoms with Gasteiger partial charge in [0.2, 0.25) is 12.2 Å². The maximum atomic E-state index is 10.9. The number of amides is 1. The maximum absolute atomic E-state index is 10.9. The quantitative estimate of drug-likeness (QED) is 0.710. The van der Waals surface area contributed by atoms with Gasteiger partial charge in [0, 0.05) is 26.0 Å². The molecule has 0 aromatic carbocycles. The molecule has 0 aliphatic heterocycles. The summed E-state index contributed by atoms with van der Waals surface area (Å²) in [5.41, 5.74) is 6.02. The van der Waals surface area contributed by atoms with Crippen molar-refractivity contribution >= 4 is 5.91 Å². The molecule has 1 heterocycles. The molecule has 1 aromatic rings. The highest BCUT2D eigenvalue weighted by Crippen LogP contribution is 2.15. The van der Waals surface area contributed by atoms with Gasteiger partial charge in [0.25, 0.3) is 0 Å². The molecule has 0 saturated carbocycles. The molecule has 1 aromatic heterocycles. The second-order valence-corrected chi connectivity index (χ2v) is 2.64. The highest BCUT2D eigenvalue weighted by atomic mass is 16.7. The zero-order valence-corrected chi connectivity index (χ0v) is 8.06. The molecular formula is C9H12N2O3. The number of nitrogens with zero attached hydrogens (tertiary/aromatic N) is 1. The topological polar surface area (TPSA) is 74.4 Å². The highest BCUT2D eigenvalue weighted by molar-refractivity contribution is 5.92. The van der Waals surface area contributed by atoms with Crippen molar-refractivity contribution in [2.75, 3.05) is 14.2 Å². The van der Waals surface area contributed by atoms with E-state index < -0.39 is 12.2 Å². The second kappa shape index (κ2) is 4.69. The Labute approximate surface area is 81.8 Å². The van der Waals surface area contributed by atoms with Crippen LogP contribution in [0.2, 0.25) is 0 Å². The monoisotopic (exact) mass is 196 g/mol. The molecule has 1 amide bonds. The summed E-state index contributed by atoms with van der Waals surface area (Å²) < 4.78 is 9.97. The Kier molecular flexibility index (Phi) is 3.55. The van der Waals surface area contributed by atoms with E-state index in [1.54, 1.807) is 6.07 Å². The number of carbonyl (C=O) groups is 1. The Morgan fingerprint density at radius 3 is 2.64 bits per heavy atom. The molecule has 76 valence electrons. The number of rotatable bonds is 4. The Morgan fingerprint density at radius 1 is 1.50 bits per heavy atom. The Bertz CT molecular complexity index is 324. The van der Waals surface area contributed by atoms with Crippen LogP contribution >= 0.6 is 0 Å². The first kappa shape index (κ1) is 10.6. The van der Waals surface area contributed by atoms with Gasteiger partial charge in [-0.3, -0.25) is 9.78 Å². The standard InChI is InChI=1S/C9H12N2O3/c1-13-9(14-2)7-5-6(8(10)12)3-4-11-7/h3-5,9H,1-2H3,(H2,10,12). The van der Waals surface area contributed by atoms with Gasteiger partial charge in [-0.25, -0.2) is 0 Å². The van der Waals surface area contributed by atoms with Crippen molar-refractivity contribution in [1.29, 1.82) is 0 Å². The van der Waals surface area contributed by atoms with Crippen molar-refractivity contribution in [2.24, 2.45) is 5.73 Å². The van der Waals surface area contributed by atoms with Crippen LogP contribution in [0.5, 0.6) is 0 Å². The second-order valence-electron chi connectivity index (χ2n) is 2.64. The number of pyridine rings is 1. The normalized spacial score (nSPS) is 10.5. The molecule has 0 aliphatic rings. The minimum absolute atomic E-state index is 0.383. The van der Waals surface area contributed by atoms with Gasteiger partial charge >= 0.3 is 0 Å². The number of carbonyl (C=O) groups excluding carboxylic acids is 1. The molecule has 0 radical (unpaired) electrons. The SMILES string of the molecule is COC(OC)c1cc(C(N)=O)ccn1. The summed E-state index contributed by atoms with van der Waals surface area (Å²) in [5.74, 6) is -0.500. The van der Waals surface area contributed by atoms with Crippen LogP contribution in [0.25, 0.3) is 0 Å². The third-order valence-electron chi connectivity index (χ3n) is 1.74. The van der Waals surface area contributed by atoms with E-state index in [-0.39, 0.29) is 0 Å². The number of hydrogen-bond donors (Lipinski definition) is 1. The lowest BCUT2D eigenvalue weighted by molar-refractivity contribution is -0.108. The van der Waals surface area contributed by atoms with E-state index in [0.29, 0.717) is 11.3 Å². The fraction of sp³-hybridized carbons (Fsp3) is 0.333. The van der Waals surface area contributed by atoms with Gasteiger partial charge < -0.3 is 15.2 Å². The molecular weight excluding hydrogens is 184 g/mol. The molecule has 0 unspecified atom stereocenters. The fourth-order valence-corrected chi connectivity index (χ4v) is 1.07. The lowest BCUT2D eigenvalue weighted by Gasteiger charge is -2.12. The molecule has 0 fully saturated rings. The van der Waals surface area contributed by atoms with E-state index >= 15 is 0 Å². The lowest BCUT2D eigenvalue weighted by atomic mass is 10.2. The number of hydrogen-bond acceptors (Lipinski definition) is 4. The zero-order valence-electron chi connectivity index (χ0n) is 8.06. The predicted molar refractivity (Wildman–Crippen MR) is 49.5 cm³/mol. The van der Waals surface area contributed by atoms with Crippen LogP contribution in [0.4, 0.5) is 0 Å². The van der Waals surface area contributed by atoms with E-state index in [2.05, 4.69) is 4.98 Å². The van der Waals surface area contributed by atoms with Crippen molar-refractivity contribution in [3.05, 3.63) is 29.6 Å². The first-order valence-corrected chi connectivity index (χ1v) is 4.00. The first-order chi connectivity index (χ1) is 6.69. The van der Waals surface area contributed by atoms with Crippen molar-refractivity contribution < 1.29 is 14.3 Å². The summed E-state index contributed by atoms with van der Waals surface area (Å²) in [5, 5.41) is 0. The minimum Gasteiger partial charge on any atom is -0.366 e. The average Bonchev–Trinajstić information content (AvgIpc) is 2.20. The van der Waals surface area contributed by atoms with Gasteiger partial charge in [-0.2, -0.15) is 0 Å². The third kappa shape index (κ3) is 2.27. The van der Waals surface area contributed by atoms with Crippen molar-refractivity contribution in [3.63, 3.8) is 0 Å². The Morgan fingerprint density at radius 2 is 2.14 bits per heavy atom. The maximum Gasteiger partial charge on any atom is 0.248 e. The molecule has 0 saturated heterocycles. The molecule has 1 rings (SSSR count). The van der Waals surface area contributed by atoms with Crippen LogP contribution in [0.3, 0.4) is 0 Å². The number of aromatic nitrogens is 1. The van der Waals surface area contributed by atoms with Crippen molar-refractivity contribution in [2.45, 2.75) is 6.29 Å². The molecule has 5 nitrogen and oxygen atoms in total. The molecule has 0 spiro atoms. The zero-order chi connectivity index (χ0) is 10.6. The molecule has 14 heavy (non-hydrogen) atoms. The van der Waals surface area contributed by atoms with Crippen LogP contribution in [0.15, 0.2) is 18.3 Å². The van der Waals surface area contributed by atoms with Gasteiger partial charge in [-0.05, 0) is 12.1 Å². The minimum atomic E-state index is -0.575. The van der Waals surface area contributed by atoms with Crippen LogP contribution in [0, 0.1) is 0 Å². The molecule has 5 heteroatoms. The Hall–Kier alpha value is -1.46. The summed E-state index contributed by atoms with van der Waals surface area (Å²) in [6.07, 6.45) is 0.912. The smallest absolute Gasteiger partial charge is 0.248 e. The summed E-state index contributed by atoms with van der Waals surface area (Å²) in [7, 11) is 2.99. The third-order valence-corrected chi connectivity index (χ3v) is 1.74. The van der Waals surface area contributed by atoms with Crippen LogP contribution in [0.1, 0.15) is 22.3 Å². The summed E-state index contributed by atoms with van der Waals surface area (Å²) >= 11 is 0. The molecule has 0 bridgehead atoms. The largest absolute Gasteiger partial charge is 0.366 e.